The largest absolute Gasteiger partial charge is 0.504 e. The van der Waals surface area contributed by atoms with Gasteiger partial charge in [-0.3, -0.25) is 0 Å². The Bertz CT molecular complexity index is 345. The lowest BCUT2D eigenvalue weighted by molar-refractivity contribution is 0.184. The van der Waals surface area contributed by atoms with Gasteiger partial charge in [-0.1, -0.05) is 6.08 Å². The molecule has 0 amide bonds. The number of allylic oxidation sites excluding steroid dienone is 1. The van der Waals surface area contributed by atoms with Crippen molar-refractivity contribution in [1.29, 1.82) is 0 Å². The van der Waals surface area contributed by atoms with Gasteiger partial charge < -0.3 is 14.6 Å². The van der Waals surface area contributed by atoms with Crippen LogP contribution in [0.15, 0.2) is 24.8 Å². The minimum Gasteiger partial charge on any atom is -0.504 e. The van der Waals surface area contributed by atoms with Crippen molar-refractivity contribution in [2.45, 2.75) is 13.0 Å². The Hall–Kier alpha value is -1.48. The maximum absolute atomic E-state index is 9.80. The zero-order valence-electron chi connectivity index (χ0n) is 9.12. The maximum atomic E-state index is 9.80. The molecule has 0 unspecified atom stereocenters. The summed E-state index contributed by atoms with van der Waals surface area (Å²) in [5.74, 6) is 0.652. The molecular weight excluding hydrogens is 192 g/mol. The molecule has 1 aromatic rings. The van der Waals surface area contributed by atoms with Crippen LogP contribution < -0.4 is 4.74 Å². The third-order valence-electron chi connectivity index (χ3n) is 2.11. The number of rotatable bonds is 5. The third-order valence-corrected chi connectivity index (χ3v) is 2.11. The van der Waals surface area contributed by atoms with Crippen LogP contribution in [-0.4, -0.2) is 19.3 Å². The number of hydrogen-bond donors (Lipinski definition) is 1. The fourth-order valence-electron chi connectivity index (χ4n) is 1.45. The normalized spacial score (nSPS) is 10.0. The smallest absolute Gasteiger partial charge is 0.161 e. The van der Waals surface area contributed by atoms with Crippen LogP contribution in [0.4, 0.5) is 0 Å². The molecule has 3 heteroatoms. The van der Waals surface area contributed by atoms with Gasteiger partial charge >= 0.3 is 0 Å². The summed E-state index contributed by atoms with van der Waals surface area (Å²) in [7, 11) is 3.16. The first kappa shape index (κ1) is 11.6. The summed E-state index contributed by atoms with van der Waals surface area (Å²) in [6.45, 7) is 4.15. The van der Waals surface area contributed by atoms with Gasteiger partial charge in [0, 0.05) is 12.7 Å². The number of hydrogen-bond acceptors (Lipinski definition) is 3. The van der Waals surface area contributed by atoms with Crippen molar-refractivity contribution in [3.63, 3.8) is 0 Å². The van der Waals surface area contributed by atoms with Crippen molar-refractivity contribution >= 4 is 0 Å². The van der Waals surface area contributed by atoms with E-state index in [2.05, 4.69) is 6.58 Å². The van der Waals surface area contributed by atoms with Gasteiger partial charge in [0.25, 0.3) is 0 Å². The lowest BCUT2D eigenvalue weighted by atomic mass is 10.1. The molecule has 0 aromatic heterocycles. The number of phenols is 1. The standard InChI is InChI=1S/C12H16O3/c1-4-5-10-6-9(8-14-2)7-11(15-3)12(10)13/h4,6-7,13H,1,5,8H2,2-3H3. The number of methoxy groups -OCH3 is 2. The van der Waals surface area contributed by atoms with Gasteiger partial charge in [-0.25, -0.2) is 0 Å². The number of phenolic OH excluding ortho intramolecular Hbond substituents is 1. The summed E-state index contributed by atoms with van der Waals surface area (Å²) < 4.78 is 10.1. The lowest BCUT2D eigenvalue weighted by Crippen LogP contribution is -1.94. The van der Waals surface area contributed by atoms with E-state index in [0.717, 1.165) is 11.1 Å². The Morgan fingerprint density at radius 1 is 1.40 bits per heavy atom. The lowest BCUT2D eigenvalue weighted by Gasteiger charge is -2.10. The summed E-state index contributed by atoms with van der Waals surface area (Å²) in [6.07, 6.45) is 2.35. The third kappa shape index (κ3) is 2.73. The molecule has 15 heavy (non-hydrogen) atoms. The second-order valence-corrected chi connectivity index (χ2v) is 3.23. The zero-order valence-corrected chi connectivity index (χ0v) is 9.12. The Labute approximate surface area is 90.0 Å². The van der Waals surface area contributed by atoms with Crippen LogP contribution in [0.3, 0.4) is 0 Å². The summed E-state index contributed by atoms with van der Waals surface area (Å²) in [5, 5.41) is 9.80. The van der Waals surface area contributed by atoms with E-state index in [9.17, 15) is 5.11 Å². The molecule has 0 saturated carbocycles. The predicted octanol–water partition coefficient (Wildman–Crippen LogP) is 2.28. The first-order chi connectivity index (χ1) is 7.22. The molecule has 1 N–H and O–H groups in total. The molecule has 0 atom stereocenters. The van der Waals surface area contributed by atoms with E-state index in [4.69, 9.17) is 9.47 Å². The zero-order chi connectivity index (χ0) is 11.3. The van der Waals surface area contributed by atoms with E-state index in [0.29, 0.717) is 18.8 Å². The van der Waals surface area contributed by atoms with Crippen LogP contribution in [0.25, 0.3) is 0 Å². The van der Waals surface area contributed by atoms with Crippen LogP contribution >= 0.6 is 0 Å². The van der Waals surface area contributed by atoms with Gasteiger partial charge in [-0.05, 0) is 24.1 Å². The fourth-order valence-corrected chi connectivity index (χ4v) is 1.45. The highest BCUT2D eigenvalue weighted by molar-refractivity contribution is 5.49. The monoisotopic (exact) mass is 208 g/mol. The topological polar surface area (TPSA) is 38.7 Å². The van der Waals surface area contributed by atoms with E-state index in [-0.39, 0.29) is 5.75 Å². The highest BCUT2D eigenvalue weighted by atomic mass is 16.5. The van der Waals surface area contributed by atoms with Gasteiger partial charge in [-0.15, -0.1) is 6.58 Å². The van der Waals surface area contributed by atoms with Gasteiger partial charge in [0.2, 0.25) is 0 Å². The van der Waals surface area contributed by atoms with E-state index in [1.54, 1.807) is 19.3 Å². The van der Waals surface area contributed by atoms with Crippen LogP contribution in [0, 0.1) is 0 Å². The maximum Gasteiger partial charge on any atom is 0.161 e. The van der Waals surface area contributed by atoms with Crippen LogP contribution in [0.1, 0.15) is 11.1 Å². The van der Waals surface area contributed by atoms with E-state index >= 15 is 0 Å². The highest BCUT2D eigenvalue weighted by Gasteiger charge is 2.09. The van der Waals surface area contributed by atoms with Gasteiger partial charge in [-0.2, -0.15) is 0 Å². The molecule has 0 aliphatic rings. The van der Waals surface area contributed by atoms with Crippen molar-refractivity contribution in [2.24, 2.45) is 0 Å². The Morgan fingerprint density at radius 2 is 2.13 bits per heavy atom. The molecule has 0 spiro atoms. The van der Waals surface area contributed by atoms with Crippen LogP contribution in [-0.2, 0) is 17.8 Å². The summed E-state index contributed by atoms with van der Waals surface area (Å²) in [5.41, 5.74) is 1.78. The molecule has 0 heterocycles. The molecule has 82 valence electrons. The molecular formula is C12H16O3. The van der Waals surface area contributed by atoms with Crippen LogP contribution in [0.2, 0.25) is 0 Å². The highest BCUT2D eigenvalue weighted by Crippen LogP contribution is 2.32. The molecule has 1 rings (SSSR count). The van der Waals surface area contributed by atoms with Crippen LogP contribution in [0.5, 0.6) is 11.5 Å². The summed E-state index contributed by atoms with van der Waals surface area (Å²) >= 11 is 0. The van der Waals surface area contributed by atoms with E-state index < -0.39 is 0 Å². The average Bonchev–Trinajstić information content (AvgIpc) is 2.23. The molecule has 0 aliphatic heterocycles. The van der Waals surface area contributed by atoms with Crippen molar-refractivity contribution in [3.05, 3.63) is 35.9 Å². The summed E-state index contributed by atoms with van der Waals surface area (Å²) in [6, 6.07) is 3.66. The van der Waals surface area contributed by atoms with Gasteiger partial charge in [0.05, 0.1) is 13.7 Å². The van der Waals surface area contributed by atoms with Crippen molar-refractivity contribution < 1.29 is 14.6 Å². The number of benzene rings is 1. The minimum absolute atomic E-state index is 0.178. The Balaban J connectivity index is 3.12. The fraction of sp³-hybridized carbons (Fsp3) is 0.333. The van der Waals surface area contributed by atoms with Gasteiger partial charge in [0.15, 0.2) is 11.5 Å². The number of aromatic hydroxyl groups is 1. The minimum atomic E-state index is 0.178. The average molecular weight is 208 g/mol. The Kier molecular flexibility index (Phi) is 4.18. The number of ether oxygens (including phenoxy) is 2. The van der Waals surface area contributed by atoms with Crippen molar-refractivity contribution in [3.8, 4) is 11.5 Å². The van der Waals surface area contributed by atoms with E-state index in [1.807, 2.05) is 6.07 Å². The summed E-state index contributed by atoms with van der Waals surface area (Å²) in [4.78, 5) is 0. The second-order valence-electron chi connectivity index (χ2n) is 3.23. The molecule has 3 nitrogen and oxygen atoms in total. The SMILES string of the molecule is C=CCc1cc(COC)cc(OC)c1O. The molecule has 1 aromatic carbocycles. The predicted molar refractivity (Wildman–Crippen MR) is 59.3 cm³/mol. The first-order valence-electron chi connectivity index (χ1n) is 4.71. The molecule has 0 saturated heterocycles. The molecule has 0 aliphatic carbocycles. The van der Waals surface area contributed by atoms with Crippen molar-refractivity contribution in [2.75, 3.05) is 14.2 Å². The Morgan fingerprint density at radius 3 is 2.67 bits per heavy atom. The van der Waals surface area contributed by atoms with Crippen molar-refractivity contribution in [1.82, 2.24) is 0 Å². The van der Waals surface area contributed by atoms with E-state index in [1.165, 1.54) is 7.11 Å². The second kappa shape index (κ2) is 5.41. The molecule has 0 fully saturated rings. The first-order valence-corrected chi connectivity index (χ1v) is 4.71. The molecule has 0 radical (unpaired) electrons. The molecule has 0 bridgehead atoms. The van der Waals surface area contributed by atoms with Gasteiger partial charge in [0.1, 0.15) is 0 Å². The quantitative estimate of drug-likeness (QED) is 0.754.